The zero-order valence-corrected chi connectivity index (χ0v) is 21.4. The van der Waals surface area contributed by atoms with Crippen molar-refractivity contribution in [2.24, 2.45) is 0 Å². The van der Waals surface area contributed by atoms with Crippen molar-refractivity contribution in [1.29, 1.82) is 0 Å². The number of benzene rings is 4. The van der Waals surface area contributed by atoms with Crippen LogP contribution in [0.4, 0.5) is 11.4 Å². The van der Waals surface area contributed by atoms with Gasteiger partial charge in [0.2, 0.25) is 0 Å². The number of carboxylic acids is 1. The van der Waals surface area contributed by atoms with Crippen molar-refractivity contribution < 1.29 is 24.5 Å². The Balaban J connectivity index is 1.47. The van der Waals surface area contributed by atoms with Gasteiger partial charge in [0.1, 0.15) is 12.4 Å². The molecule has 0 saturated carbocycles. The molecule has 0 bridgehead atoms. The average Bonchev–Trinajstić information content (AvgIpc) is 2.97. The number of piperidine rings is 1. The number of hydrogen-bond acceptors (Lipinski definition) is 5. The summed E-state index contributed by atoms with van der Waals surface area (Å²) in [6.45, 7) is 1.63. The Kier molecular flexibility index (Phi) is 7.89. The maximum Gasteiger partial charge on any atom is 0.337 e. The first-order chi connectivity index (χ1) is 19.0. The van der Waals surface area contributed by atoms with Crippen LogP contribution in [0.3, 0.4) is 0 Å². The van der Waals surface area contributed by atoms with Gasteiger partial charge in [-0.25, -0.2) is 4.79 Å². The summed E-state index contributed by atoms with van der Waals surface area (Å²) in [5, 5.41) is 22.6. The average molecular weight is 523 g/mol. The number of hydrogen-bond donors (Lipinski definition) is 3. The van der Waals surface area contributed by atoms with Gasteiger partial charge in [0.05, 0.1) is 22.9 Å². The number of carboxylic acid groups (broad SMARTS) is 1. The lowest BCUT2D eigenvalue weighted by Gasteiger charge is -2.32. The van der Waals surface area contributed by atoms with Crippen molar-refractivity contribution in [2.75, 3.05) is 23.3 Å². The van der Waals surface area contributed by atoms with Crippen molar-refractivity contribution in [3.05, 3.63) is 114 Å². The Bertz CT molecular complexity index is 1450. The Labute approximate surface area is 227 Å². The van der Waals surface area contributed by atoms with Crippen LogP contribution in [-0.2, 0) is 6.61 Å². The number of carbonyl (C=O) groups excluding carboxylic acids is 1. The summed E-state index contributed by atoms with van der Waals surface area (Å²) in [7, 11) is 0. The van der Waals surface area contributed by atoms with Gasteiger partial charge in [-0.3, -0.25) is 4.79 Å². The number of aromatic carboxylic acids is 1. The standard InChI is InChI=1S/C32H30N2O5/c35-26-15-17-34(18-16-26)25-12-14-30(39-21-22-7-3-1-4-8-22)28(20-25)31(36)33-29-19-24(11-13-27(29)32(37)38)23-9-5-2-6-10-23/h1-14,19-20,26,35H,15-18,21H2,(H,33,36)(H,37,38). The second-order valence-corrected chi connectivity index (χ2v) is 9.56. The molecule has 0 aliphatic carbocycles. The van der Waals surface area contributed by atoms with Gasteiger partial charge in [0.15, 0.2) is 0 Å². The monoisotopic (exact) mass is 522 g/mol. The Morgan fingerprint density at radius 3 is 2.21 bits per heavy atom. The van der Waals surface area contributed by atoms with E-state index in [1.165, 1.54) is 6.07 Å². The summed E-state index contributed by atoms with van der Waals surface area (Å²) in [6, 6.07) is 29.6. The number of aliphatic hydroxyl groups excluding tert-OH is 1. The van der Waals surface area contributed by atoms with E-state index in [0.717, 1.165) is 22.4 Å². The lowest BCUT2D eigenvalue weighted by Crippen LogP contribution is -2.35. The normalized spacial score (nSPS) is 13.6. The number of carbonyl (C=O) groups is 2. The van der Waals surface area contributed by atoms with Crippen LogP contribution < -0.4 is 15.0 Å². The van der Waals surface area contributed by atoms with Gasteiger partial charge >= 0.3 is 5.97 Å². The van der Waals surface area contributed by atoms with E-state index in [4.69, 9.17) is 4.74 Å². The van der Waals surface area contributed by atoms with E-state index in [9.17, 15) is 19.8 Å². The minimum absolute atomic E-state index is 0.00374. The van der Waals surface area contributed by atoms with Gasteiger partial charge < -0.3 is 25.2 Å². The summed E-state index contributed by atoms with van der Waals surface area (Å²) in [5.41, 5.74) is 4.00. The van der Waals surface area contributed by atoms with Crippen LogP contribution in [0.25, 0.3) is 11.1 Å². The first-order valence-electron chi connectivity index (χ1n) is 13.0. The number of ether oxygens (including phenoxy) is 1. The summed E-state index contributed by atoms with van der Waals surface area (Å²) in [4.78, 5) is 27.8. The fourth-order valence-corrected chi connectivity index (χ4v) is 4.71. The number of anilines is 2. The minimum atomic E-state index is -1.13. The zero-order valence-electron chi connectivity index (χ0n) is 21.4. The van der Waals surface area contributed by atoms with E-state index in [-0.39, 0.29) is 24.0 Å². The third kappa shape index (κ3) is 6.27. The van der Waals surface area contributed by atoms with Crippen LogP contribution in [-0.4, -0.2) is 41.3 Å². The van der Waals surface area contributed by atoms with E-state index in [1.54, 1.807) is 24.3 Å². The molecule has 0 atom stereocenters. The van der Waals surface area contributed by atoms with E-state index in [0.29, 0.717) is 37.2 Å². The van der Waals surface area contributed by atoms with Crippen LogP contribution >= 0.6 is 0 Å². The number of rotatable bonds is 8. The summed E-state index contributed by atoms with van der Waals surface area (Å²) < 4.78 is 6.08. The zero-order chi connectivity index (χ0) is 27.2. The van der Waals surface area contributed by atoms with Crippen molar-refractivity contribution in [1.82, 2.24) is 0 Å². The maximum absolute atomic E-state index is 13.7. The summed E-state index contributed by atoms with van der Waals surface area (Å²) in [6.07, 6.45) is 0.994. The SMILES string of the molecule is O=C(O)c1ccc(-c2ccccc2)cc1NC(=O)c1cc(N2CCC(O)CC2)ccc1OCc1ccccc1. The molecule has 1 heterocycles. The number of amides is 1. The molecule has 39 heavy (non-hydrogen) atoms. The van der Waals surface area contributed by atoms with E-state index < -0.39 is 11.9 Å². The molecule has 1 saturated heterocycles. The van der Waals surface area contributed by atoms with Crippen LogP contribution in [0.5, 0.6) is 5.75 Å². The molecular weight excluding hydrogens is 492 g/mol. The molecule has 7 heteroatoms. The Morgan fingerprint density at radius 1 is 0.821 bits per heavy atom. The van der Waals surface area contributed by atoms with Crippen molar-refractivity contribution in [2.45, 2.75) is 25.6 Å². The largest absolute Gasteiger partial charge is 0.488 e. The van der Waals surface area contributed by atoms with Crippen LogP contribution in [0.2, 0.25) is 0 Å². The quantitative estimate of drug-likeness (QED) is 0.269. The second kappa shape index (κ2) is 11.8. The van der Waals surface area contributed by atoms with Gasteiger partial charge in [0.25, 0.3) is 5.91 Å². The van der Waals surface area contributed by atoms with Crippen molar-refractivity contribution in [3.8, 4) is 16.9 Å². The van der Waals surface area contributed by atoms with Gasteiger partial charge in [0, 0.05) is 18.8 Å². The van der Waals surface area contributed by atoms with Crippen LogP contribution in [0.1, 0.15) is 39.1 Å². The molecule has 0 aromatic heterocycles. The lowest BCUT2D eigenvalue weighted by atomic mass is 10.0. The Hall–Kier alpha value is -4.62. The smallest absolute Gasteiger partial charge is 0.337 e. The number of aliphatic hydroxyl groups is 1. The molecule has 0 radical (unpaired) electrons. The first kappa shape index (κ1) is 26.0. The van der Waals surface area contributed by atoms with Gasteiger partial charge in [-0.05, 0) is 59.9 Å². The molecule has 1 aliphatic heterocycles. The molecule has 1 amide bonds. The molecule has 4 aromatic rings. The highest BCUT2D eigenvalue weighted by molar-refractivity contribution is 6.10. The lowest BCUT2D eigenvalue weighted by molar-refractivity contribution is 0.0698. The third-order valence-electron chi connectivity index (χ3n) is 6.88. The third-order valence-corrected chi connectivity index (χ3v) is 6.88. The fraction of sp³-hybridized carbons (Fsp3) is 0.188. The molecular formula is C32H30N2O5. The molecule has 1 aliphatic rings. The van der Waals surface area contributed by atoms with Gasteiger partial charge in [-0.2, -0.15) is 0 Å². The summed E-state index contributed by atoms with van der Waals surface area (Å²) >= 11 is 0. The molecule has 198 valence electrons. The molecule has 5 rings (SSSR count). The Morgan fingerprint density at radius 2 is 1.51 bits per heavy atom. The minimum Gasteiger partial charge on any atom is -0.488 e. The second-order valence-electron chi connectivity index (χ2n) is 9.56. The first-order valence-corrected chi connectivity index (χ1v) is 13.0. The molecule has 4 aromatic carbocycles. The molecule has 1 fully saturated rings. The topological polar surface area (TPSA) is 99.1 Å². The number of nitrogens with one attached hydrogen (secondary N) is 1. The van der Waals surface area contributed by atoms with E-state index >= 15 is 0 Å². The number of nitrogens with zero attached hydrogens (tertiary/aromatic N) is 1. The predicted molar refractivity (Wildman–Crippen MR) is 151 cm³/mol. The maximum atomic E-state index is 13.7. The fourth-order valence-electron chi connectivity index (χ4n) is 4.71. The summed E-state index contributed by atoms with van der Waals surface area (Å²) in [5.74, 6) is -1.20. The van der Waals surface area contributed by atoms with Crippen molar-refractivity contribution >= 4 is 23.3 Å². The predicted octanol–water partition coefficient (Wildman–Crippen LogP) is 5.84. The van der Waals surface area contributed by atoms with Crippen molar-refractivity contribution in [3.63, 3.8) is 0 Å². The molecule has 7 nitrogen and oxygen atoms in total. The molecule has 0 spiro atoms. The van der Waals surface area contributed by atoms with Gasteiger partial charge in [-0.15, -0.1) is 0 Å². The highest BCUT2D eigenvalue weighted by Gasteiger charge is 2.22. The highest BCUT2D eigenvalue weighted by atomic mass is 16.5. The highest BCUT2D eigenvalue weighted by Crippen LogP contribution is 2.31. The van der Waals surface area contributed by atoms with Crippen LogP contribution in [0.15, 0.2) is 97.1 Å². The molecule has 0 unspecified atom stereocenters. The van der Waals surface area contributed by atoms with Gasteiger partial charge in [-0.1, -0.05) is 66.7 Å². The van der Waals surface area contributed by atoms with E-state index in [1.807, 2.05) is 66.7 Å². The van der Waals surface area contributed by atoms with Crippen LogP contribution in [0, 0.1) is 0 Å². The van der Waals surface area contributed by atoms with E-state index in [2.05, 4.69) is 10.2 Å². The molecule has 3 N–H and O–H groups in total.